The van der Waals surface area contributed by atoms with E-state index < -0.39 is 17.8 Å². The van der Waals surface area contributed by atoms with Gasteiger partial charge in [-0.2, -0.15) is 0 Å². The van der Waals surface area contributed by atoms with Gasteiger partial charge in [0, 0.05) is 5.56 Å². The average Bonchev–Trinajstić information content (AvgIpc) is 2.44. The van der Waals surface area contributed by atoms with Crippen LogP contribution < -0.4 is 5.32 Å². The molecule has 104 valence electrons. The predicted molar refractivity (Wildman–Crippen MR) is 74.9 cm³/mol. The fourth-order valence-corrected chi connectivity index (χ4v) is 2.03. The summed E-state index contributed by atoms with van der Waals surface area (Å²) < 4.78 is 13.3. The summed E-state index contributed by atoms with van der Waals surface area (Å²) in [7, 11) is 0. The molecule has 1 amide bonds. The lowest BCUT2D eigenvalue weighted by atomic mass is 10.1. The third-order valence-corrected chi connectivity index (χ3v) is 2.99. The molecule has 20 heavy (non-hydrogen) atoms. The van der Waals surface area contributed by atoms with Crippen LogP contribution in [0.1, 0.15) is 27.5 Å². The minimum Gasteiger partial charge on any atom is -0.394 e. The molecule has 0 bridgehead atoms. The number of hydrogen-bond acceptors (Lipinski definition) is 2. The third-order valence-electron chi connectivity index (χ3n) is 2.99. The van der Waals surface area contributed by atoms with Crippen LogP contribution in [0.25, 0.3) is 0 Å². The van der Waals surface area contributed by atoms with Crippen molar-refractivity contribution in [3.05, 3.63) is 71.0 Å². The van der Waals surface area contributed by atoms with Gasteiger partial charge in [0.1, 0.15) is 5.82 Å². The van der Waals surface area contributed by atoms with Gasteiger partial charge in [0.2, 0.25) is 0 Å². The van der Waals surface area contributed by atoms with Crippen LogP contribution in [0.15, 0.2) is 48.5 Å². The molecule has 2 rings (SSSR count). The molecule has 1 atom stereocenters. The molecule has 0 spiro atoms. The first-order chi connectivity index (χ1) is 9.60. The molecule has 0 aliphatic carbocycles. The maximum Gasteiger partial charge on any atom is 0.251 e. The fraction of sp³-hybridized carbons (Fsp3) is 0.188. The molecule has 2 aromatic rings. The molecule has 0 heterocycles. The number of carbonyl (C=O) groups excluding carboxylic acids is 1. The van der Waals surface area contributed by atoms with Crippen molar-refractivity contribution in [2.75, 3.05) is 6.61 Å². The highest BCUT2D eigenvalue weighted by molar-refractivity contribution is 5.94. The first kappa shape index (κ1) is 14.2. The van der Waals surface area contributed by atoms with Crippen LogP contribution in [0.4, 0.5) is 4.39 Å². The van der Waals surface area contributed by atoms with Crippen molar-refractivity contribution < 1.29 is 14.3 Å². The molecule has 4 heteroatoms. The lowest BCUT2D eigenvalue weighted by Crippen LogP contribution is -2.30. The third kappa shape index (κ3) is 3.42. The van der Waals surface area contributed by atoms with E-state index in [0.717, 1.165) is 5.56 Å². The summed E-state index contributed by atoms with van der Waals surface area (Å²) in [6.07, 6.45) is 0. The zero-order valence-electron chi connectivity index (χ0n) is 11.1. The number of aryl methyl sites for hydroxylation is 1. The molecule has 1 unspecified atom stereocenters. The summed E-state index contributed by atoms with van der Waals surface area (Å²) in [5, 5.41) is 12.1. The van der Waals surface area contributed by atoms with Gasteiger partial charge in [0.15, 0.2) is 0 Å². The van der Waals surface area contributed by atoms with Crippen LogP contribution in [-0.2, 0) is 0 Å². The second kappa shape index (κ2) is 6.30. The van der Waals surface area contributed by atoms with E-state index >= 15 is 0 Å². The maximum atomic E-state index is 13.3. The van der Waals surface area contributed by atoms with Crippen LogP contribution in [0.5, 0.6) is 0 Å². The number of aliphatic hydroxyl groups excluding tert-OH is 1. The molecule has 0 saturated heterocycles. The van der Waals surface area contributed by atoms with E-state index in [9.17, 15) is 14.3 Å². The standard InChI is InChI=1S/C16H16FNO2/c1-11-7-13(9-14(17)8-11)16(20)18-15(10-19)12-5-3-2-4-6-12/h2-9,15,19H,10H2,1H3,(H,18,20). The van der Waals surface area contributed by atoms with Gasteiger partial charge in [-0.05, 0) is 36.2 Å². The Morgan fingerprint density at radius 3 is 2.55 bits per heavy atom. The molecule has 2 aromatic carbocycles. The van der Waals surface area contributed by atoms with Crippen molar-refractivity contribution in [3.63, 3.8) is 0 Å². The Bertz CT molecular complexity index is 578. The smallest absolute Gasteiger partial charge is 0.251 e. The van der Waals surface area contributed by atoms with Gasteiger partial charge >= 0.3 is 0 Å². The van der Waals surface area contributed by atoms with Gasteiger partial charge in [-0.25, -0.2) is 4.39 Å². The highest BCUT2D eigenvalue weighted by atomic mass is 19.1. The Balaban J connectivity index is 2.17. The molecule has 0 aliphatic rings. The van der Waals surface area contributed by atoms with Gasteiger partial charge in [0.25, 0.3) is 5.91 Å². The molecule has 2 N–H and O–H groups in total. The zero-order valence-corrected chi connectivity index (χ0v) is 11.1. The lowest BCUT2D eigenvalue weighted by Gasteiger charge is -2.17. The molecule has 0 radical (unpaired) electrons. The van der Waals surface area contributed by atoms with Crippen molar-refractivity contribution >= 4 is 5.91 Å². The number of aliphatic hydroxyl groups is 1. The molecular formula is C16H16FNO2. The van der Waals surface area contributed by atoms with Crippen LogP contribution in [-0.4, -0.2) is 17.6 Å². The van der Waals surface area contributed by atoms with Gasteiger partial charge in [-0.3, -0.25) is 4.79 Å². The predicted octanol–water partition coefficient (Wildman–Crippen LogP) is 2.60. The van der Waals surface area contributed by atoms with Crippen molar-refractivity contribution in [3.8, 4) is 0 Å². The lowest BCUT2D eigenvalue weighted by molar-refractivity contribution is 0.0915. The molecule has 0 aromatic heterocycles. The number of hydrogen-bond donors (Lipinski definition) is 2. The number of rotatable bonds is 4. The Kier molecular flexibility index (Phi) is 4.48. The van der Waals surface area contributed by atoms with Gasteiger partial charge < -0.3 is 10.4 Å². The molecule has 0 aliphatic heterocycles. The SMILES string of the molecule is Cc1cc(F)cc(C(=O)NC(CO)c2ccccc2)c1. The van der Waals surface area contributed by atoms with Crippen molar-refractivity contribution in [1.82, 2.24) is 5.32 Å². The minimum atomic E-state index is -0.507. The Hall–Kier alpha value is -2.20. The van der Waals surface area contributed by atoms with Crippen LogP contribution in [0, 0.1) is 12.7 Å². The van der Waals surface area contributed by atoms with Gasteiger partial charge in [-0.15, -0.1) is 0 Å². The van der Waals surface area contributed by atoms with E-state index in [1.165, 1.54) is 12.1 Å². The number of nitrogens with one attached hydrogen (secondary N) is 1. The van der Waals surface area contributed by atoms with E-state index in [0.29, 0.717) is 5.56 Å². The average molecular weight is 273 g/mol. The van der Waals surface area contributed by atoms with Gasteiger partial charge in [0.05, 0.1) is 12.6 Å². The topological polar surface area (TPSA) is 49.3 Å². The van der Waals surface area contributed by atoms with Gasteiger partial charge in [-0.1, -0.05) is 30.3 Å². The highest BCUT2D eigenvalue weighted by Gasteiger charge is 2.15. The summed E-state index contributed by atoms with van der Waals surface area (Å²) in [5.74, 6) is -0.856. The Labute approximate surface area is 117 Å². The normalized spacial score (nSPS) is 11.9. The van der Waals surface area contributed by atoms with E-state index in [1.54, 1.807) is 13.0 Å². The molecule has 3 nitrogen and oxygen atoms in total. The highest BCUT2D eigenvalue weighted by Crippen LogP contribution is 2.14. The van der Waals surface area contributed by atoms with Crippen molar-refractivity contribution in [2.45, 2.75) is 13.0 Å². The fourth-order valence-electron chi connectivity index (χ4n) is 2.03. The first-order valence-corrected chi connectivity index (χ1v) is 6.34. The van der Waals surface area contributed by atoms with Crippen LogP contribution in [0.3, 0.4) is 0 Å². The number of amides is 1. The Morgan fingerprint density at radius 2 is 1.95 bits per heavy atom. The molecule has 0 saturated carbocycles. The number of halogens is 1. The first-order valence-electron chi connectivity index (χ1n) is 6.34. The van der Waals surface area contributed by atoms with Crippen molar-refractivity contribution in [1.29, 1.82) is 0 Å². The second-order valence-electron chi connectivity index (χ2n) is 4.64. The Morgan fingerprint density at radius 1 is 1.25 bits per heavy atom. The maximum absolute atomic E-state index is 13.3. The second-order valence-corrected chi connectivity index (χ2v) is 4.64. The van der Waals surface area contributed by atoms with E-state index in [-0.39, 0.29) is 12.2 Å². The van der Waals surface area contributed by atoms with E-state index in [2.05, 4.69) is 5.32 Å². The number of benzene rings is 2. The summed E-state index contributed by atoms with van der Waals surface area (Å²) >= 11 is 0. The number of carbonyl (C=O) groups is 1. The monoisotopic (exact) mass is 273 g/mol. The molecule has 0 fully saturated rings. The van der Waals surface area contributed by atoms with Crippen LogP contribution in [0.2, 0.25) is 0 Å². The van der Waals surface area contributed by atoms with E-state index in [4.69, 9.17) is 0 Å². The molecular weight excluding hydrogens is 257 g/mol. The van der Waals surface area contributed by atoms with Crippen LogP contribution >= 0.6 is 0 Å². The largest absolute Gasteiger partial charge is 0.394 e. The minimum absolute atomic E-state index is 0.218. The van der Waals surface area contributed by atoms with Crippen molar-refractivity contribution in [2.24, 2.45) is 0 Å². The summed E-state index contributed by atoms with van der Waals surface area (Å²) in [4.78, 5) is 12.1. The summed E-state index contributed by atoms with van der Waals surface area (Å²) in [6, 6.07) is 12.8. The summed E-state index contributed by atoms with van der Waals surface area (Å²) in [6.45, 7) is 1.50. The quantitative estimate of drug-likeness (QED) is 0.899. The zero-order chi connectivity index (χ0) is 14.5. The summed E-state index contributed by atoms with van der Waals surface area (Å²) in [5.41, 5.74) is 1.73. The van der Waals surface area contributed by atoms with E-state index in [1.807, 2.05) is 30.3 Å².